The molecule has 0 aromatic heterocycles. The molecule has 7 heteroatoms. The maximum atomic E-state index is 11.4. The summed E-state index contributed by atoms with van der Waals surface area (Å²) in [6.45, 7) is 0. The molecule has 1 aliphatic rings. The lowest BCUT2D eigenvalue weighted by Gasteiger charge is -2.05. The van der Waals surface area contributed by atoms with Gasteiger partial charge in [-0.05, 0) is 12.1 Å². The summed E-state index contributed by atoms with van der Waals surface area (Å²) in [5.41, 5.74) is 0.0439. The number of carbonyl (C=O) groups excluding carboxylic acids is 1. The van der Waals surface area contributed by atoms with Crippen molar-refractivity contribution >= 4 is 21.9 Å². The number of rotatable bonds is 1. The van der Waals surface area contributed by atoms with Crippen molar-refractivity contribution in [2.24, 2.45) is 4.40 Å². The molecule has 0 atom stereocenters. The Morgan fingerprint density at radius 3 is 2.75 bits per heavy atom. The average Bonchev–Trinajstić information content (AvgIpc) is 2.48. The number of carbonyl (C=O) groups is 1. The topological polar surface area (TPSA) is 95.9 Å². The van der Waals surface area contributed by atoms with Gasteiger partial charge in [-0.3, -0.25) is 0 Å². The Bertz CT molecular complexity index is 602. The van der Waals surface area contributed by atoms with Crippen molar-refractivity contribution in [1.82, 2.24) is 0 Å². The number of nitrogens with zero attached hydrogens (tertiary/aromatic N) is 1. The van der Waals surface area contributed by atoms with Crippen LogP contribution in [0.2, 0.25) is 0 Å². The Labute approximate surface area is 91.2 Å². The van der Waals surface area contributed by atoms with E-state index in [2.05, 4.69) is 9.13 Å². The molecule has 0 bridgehead atoms. The van der Waals surface area contributed by atoms with E-state index in [1.54, 1.807) is 0 Å². The van der Waals surface area contributed by atoms with Gasteiger partial charge in [-0.1, -0.05) is 6.07 Å². The van der Waals surface area contributed by atoms with Crippen LogP contribution in [0.15, 0.2) is 27.5 Å². The molecule has 0 saturated heterocycles. The highest BCUT2D eigenvalue weighted by atomic mass is 32.2. The van der Waals surface area contributed by atoms with Crippen molar-refractivity contribution in [3.8, 4) is 0 Å². The van der Waals surface area contributed by atoms with Gasteiger partial charge in [0.2, 0.25) is 0 Å². The number of hydrogen-bond acceptors (Lipinski definition) is 5. The van der Waals surface area contributed by atoms with Gasteiger partial charge < -0.3 is 9.84 Å². The fourth-order valence-corrected chi connectivity index (χ4v) is 2.49. The molecule has 0 spiro atoms. The summed E-state index contributed by atoms with van der Waals surface area (Å²) in [4.78, 5) is 10.9. The monoisotopic (exact) mass is 240 g/mol. The van der Waals surface area contributed by atoms with Crippen molar-refractivity contribution in [3.63, 3.8) is 0 Å². The fraction of sp³-hybridized carbons (Fsp3) is 0.111. The molecule has 0 fully saturated rings. The molecule has 0 amide bonds. The first-order valence-electron chi connectivity index (χ1n) is 4.20. The van der Waals surface area contributed by atoms with E-state index in [0.717, 1.165) is 6.07 Å². The van der Waals surface area contributed by atoms with E-state index in [1.165, 1.54) is 19.2 Å². The largest absolute Gasteiger partial charge is 0.858 e. The Kier molecular flexibility index (Phi) is 2.20. The van der Waals surface area contributed by atoms with Crippen LogP contribution in [-0.2, 0) is 14.8 Å². The van der Waals surface area contributed by atoms with Crippen molar-refractivity contribution in [2.75, 3.05) is 7.11 Å². The number of methoxy groups -OCH3 is 1. The number of hydrogen-bond donors (Lipinski definition) is 0. The van der Waals surface area contributed by atoms with Gasteiger partial charge >= 0.3 is 5.97 Å². The zero-order chi connectivity index (χ0) is 11.9. The lowest BCUT2D eigenvalue weighted by molar-refractivity contribution is -0.212. The quantitative estimate of drug-likeness (QED) is 0.604. The predicted molar refractivity (Wildman–Crippen MR) is 51.5 cm³/mol. The number of ether oxygens (including phenoxy) is 1. The number of fused-ring (bicyclic) bond motifs is 1. The molecule has 0 radical (unpaired) electrons. The Balaban J connectivity index is 2.63. The highest BCUT2D eigenvalue weighted by Gasteiger charge is 2.25. The lowest BCUT2D eigenvalue weighted by atomic mass is 10.1. The second kappa shape index (κ2) is 3.31. The van der Waals surface area contributed by atoms with Crippen LogP contribution in [0.25, 0.3) is 0 Å². The first-order valence-corrected chi connectivity index (χ1v) is 5.64. The molecular weight excluding hydrogens is 234 g/mol. The zero-order valence-corrected chi connectivity index (χ0v) is 8.95. The van der Waals surface area contributed by atoms with Crippen LogP contribution in [0.3, 0.4) is 0 Å². The standard InChI is InChI=1S/C9H7NO5S/c1-15-9(12)5-2-3-6-7(4-5)16(13,14)10-8(6)11/h2-4H,1H3,(H,10,11)/p-1. The molecule has 0 N–H and O–H groups in total. The van der Waals surface area contributed by atoms with Gasteiger partial charge in [0, 0.05) is 11.5 Å². The summed E-state index contributed by atoms with van der Waals surface area (Å²) >= 11 is 0. The minimum absolute atomic E-state index is 0.0207. The second-order valence-electron chi connectivity index (χ2n) is 3.07. The Morgan fingerprint density at radius 1 is 1.44 bits per heavy atom. The molecule has 1 aromatic rings. The van der Waals surface area contributed by atoms with Crippen LogP contribution in [-0.4, -0.2) is 27.4 Å². The maximum Gasteiger partial charge on any atom is 0.337 e. The van der Waals surface area contributed by atoms with Crippen LogP contribution >= 0.6 is 0 Å². The van der Waals surface area contributed by atoms with E-state index in [-0.39, 0.29) is 16.0 Å². The fourth-order valence-electron chi connectivity index (χ4n) is 1.36. The molecule has 2 rings (SSSR count). The summed E-state index contributed by atoms with van der Waals surface area (Å²) in [5.74, 6) is -1.48. The predicted octanol–water partition coefficient (Wildman–Crippen LogP) is -0.718. The zero-order valence-electron chi connectivity index (χ0n) is 8.13. The molecule has 84 valence electrons. The molecule has 0 unspecified atom stereocenters. The van der Waals surface area contributed by atoms with Crippen LogP contribution in [0.4, 0.5) is 0 Å². The molecular formula is C9H6NO5S-. The second-order valence-corrected chi connectivity index (χ2v) is 4.65. The van der Waals surface area contributed by atoms with Crippen molar-refractivity contribution < 1.29 is 23.1 Å². The Morgan fingerprint density at radius 2 is 2.12 bits per heavy atom. The third kappa shape index (κ3) is 1.45. The molecule has 1 aromatic carbocycles. The number of sulfonamides is 1. The normalized spacial score (nSPS) is 16.4. The summed E-state index contributed by atoms with van der Waals surface area (Å²) in [7, 11) is -2.77. The van der Waals surface area contributed by atoms with E-state index >= 15 is 0 Å². The van der Waals surface area contributed by atoms with Crippen molar-refractivity contribution in [2.45, 2.75) is 4.90 Å². The molecule has 6 nitrogen and oxygen atoms in total. The Hall–Kier alpha value is -1.89. The minimum atomic E-state index is -3.95. The summed E-state index contributed by atoms with van der Waals surface area (Å²) in [6.07, 6.45) is 0. The smallest absolute Gasteiger partial charge is 0.337 e. The lowest BCUT2D eigenvalue weighted by Crippen LogP contribution is -2.16. The third-order valence-electron chi connectivity index (χ3n) is 2.11. The molecule has 1 aliphatic heterocycles. The van der Waals surface area contributed by atoms with E-state index < -0.39 is 21.9 Å². The van der Waals surface area contributed by atoms with Gasteiger partial charge in [0.25, 0.3) is 10.0 Å². The molecule has 16 heavy (non-hydrogen) atoms. The summed E-state index contributed by atoms with van der Waals surface area (Å²) in [5, 5.41) is 11.2. The van der Waals surface area contributed by atoms with Crippen LogP contribution in [0.1, 0.15) is 15.9 Å². The molecule has 0 aliphatic carbocycles. The van der Waals surface area contributed by atoms with E-state index in [1.807, 2.05) is 0 Å². The van der Waals surface area contributed by atoms with E-state index in [0.29, 0.717) is 0 Å². The first-order chi connectivity index (χ1) is 7.45. The van der Waals surface area contributed by atoms with Gasteiger partial charge in [0.1, 0.15) is 0 Å². The van der Waals surface area contributed by atoms with Crippen molar-refractivity contribution in [1.29, 1.82) is 0 Å². The van der Waals surface area contributed by atoms with Crippen molar-refractivity contribution in [3.05, 3.63) is 29.3 Å². The number of esters is 1. The highest BCUT2D eigenvalue weighted by Crippen LogP contribution is 2.25. The highest BCUT2D eigenvalue weighted by molar-refractivity contribution is 7.90. The van der Waals surface area contributed by atoms with Gasteiger partial charge in [-0.25, -0.2) is 4.79 Å². The van der Waals surface area contributed by atoms with E-state index in [4.69, 9.17) is 0 Å². The summed E-state index contributed by atoms with van der Waals surface area (Å²) < 4.78 is 30.2. The van der Waals surface area contributed by atoms with Crippen LogP contribution in [0.5, 0.6) is 0 Å². The van der Waals surface area contributed by atoms with E-state index in [9.17, 15) is 18.3 Å². The van der Waals surface area contributed by atoms with Gasteiger partial charge in [-0.15, -0.1) is 0 Å². The van der Waals surface area contributed by atoms with Gasteiger partial charge in [-0.2, -0.15) is 12.8 Å². The third-order valence-corrected chi connectivity index (χ3v) is 3.41. The molecule has 0 saturated carbocycles. The maximum absolute atomic E-state index is 11.4. The van der Waals surface area contributed by atoms with Gasteiger partial charge in [0.05, 0.1) is 17.6 Å². The summed E-state index contributed by atoms with van der Waals surface area (Å²) in [6, 6.07) is 3.65. The van der Waals surface area contributed by atoms with Crippen LogP contribution in [0, 0.1) is 0 Å². The van der Waals surface area contributed by atoms with Crippen LogP contribution < -0.4 is 5.11 Å². The average molecular weight is 240 g/mol. The minimum Gasteiger partial charge on any atom is -0.858 e. The first kappa shape index (κ1) is 10.6. The number of benzene rings is 1. The SMILES string of the molecule is COC(=O)c1ccc2c(c1)S(=O)(=O)N=C2[O-]. The van der Waals surface area contributed by atoms with Gasteiger partial charge in [0.15, 0.2) is 0 Å². The molecule has 1 heterocycles.